The van der Waals surface area contributed by atoms with Crippen molar-refractivity contribution in [2.24, 2.45) is 0 Å². The lowest BCUT2D eigenvalue weighted by atomic mass is 10.0. The molecule has 0 radical (unpaired) electrons. The molecule has 1 unspecified atom stereocenters. The number of fused-ring (bicyclic) bond motifs is 5. The molecule has 2 heterocycles. The van der Waals surface area contributed by atoms with Gasteiger partial charge in [-0.2, -0.15) is 11.8 Å². The molecule has 0 aromatic heterocycles. The second-order valence-electron chi connectivity index (χ2n) is 7.18. The summed E-state index contributed by atoms with van der Waals surface area (Å²) < 4.78 is 11.0. The van der Waals surface area contributed by atoms with Crippen LogP contribution in [0.4, 0.5) is 0 Å². The zero-order valence-corrected chi connectivity index (χ0v) is 18.9. The van der Waals surface area contributed by atoms with Crippen LogP contribution in [0.5, 0.6) is 11.5 Å². The van der Waals surface area contributed by atoms with Crippen LogP contribution in [0.25, 0.3) is 0 Å². The maximum absolute atomic E-state index is 12.3. The van der Waals surface area contributed by atoms with Crippen LogP contribution in [-0.4, -0.2) is 43.2 Å². The second kappa shape index (κ2) is 9.06. The van der Waals surface area contributed by atoms with E-state index in [0.717, 1.165) is 46.2 Å². The van der Waals surface area contributed by atoms with Crippen LogP contribution >= 0.6 is 35.1 Å². The van der Waals surface area contributed by atoms with E-state index in [0.29, 0.717) is 0 Å². The Morgan fingerprint density at radius 3 is 2.63 bits per heavy atom. The highest BCUT2D eigenvalue weighted by atomic mass is 35.5. The minimum absolute atomic E-state index is 0.0332. The third-order valence-corrected chi connectivity index (χ3v) is 7.49. The van der Waals surface area contributed by atoms with Crippen molar-refractivity contribution in [1.29, 1.82) is 0 Å². The Hall–Kier alpha value is -1.93. The van der Waals surface area contributed by atoms with E-state index in [1.54, 1.807) is 29.6 Å². The molecule has 0 spiro atoms. The average molecular weight is 462 g/mol. The number of thioether (sulfide) groups is 1. The van der Waals surface area contributed by atoms with Crippen molar-refractivity contribution in [3.05, 3.63) is 58.6 Å². The summed E-state index contributed by atoms with van der Waals surface area (Å²) in [5, 5.41) is 0.176. The first kappa shape index (κ1) is 21.3. The van der Waals surface area contributed by atoms with E-state index >= 15 is 0 Å². The highest BCUT2D eigenvalue weighted by molar-refractivity contribution is 8.00. The molecular weight excluding hydrogens is 442 g/mol. The average Bonchev–Trinajstić information content (AvgIpc) is 2.83. The van der Waals surface area contributed by atoms with Crippen LogP contribution in [0.2, 0.25) is 5.02 Å². The van der Waals surface area contributed by atoms with Gasteiger partial charge in [0, 0.05) is 45.1 Å². The van der Waals surface area contributed by atoms with Gasteiger partial charge in [-0.15, -0.1) is 0 Å². The Bertz CT molecular complexity index is 1040. The highest BCUT2D eigenvalue weighted by Crippen LogP contribution is 2.53. The van der Waals surface area contributed by atoms with E-state index < -0.39 is 11.9 Å². The summed E-state index contributed by atoms with van der Waals surface area (Å²) in [6.45, 7) is 0.923. The third kappa shape index (κ3) is 4.54. The molecule has 2 aliphatic heterocycles. The molecule has 0 aliphatic carbocycles. The summed E-state index contributed by atoms with van der Waals surface area (Å²) in [5.74, 6) is 0.0531. The van der Waals surface area contributed by atoms with Gasteiger partial charge in [-0.25, -0.2) is 9.59 Å². The van der Waals surface area contributed by atoms with Gasteiger partial charge in [0.2, 0.25) is 0 Å². The van der Waals surface area contributed by atoms with Crippen molar-refractivity contribution in [2.75, 3.05) is 26.4 Å². The van der Waals surface area contributed by atoms with Gasteiger partial charge in [-0.3, -0.25) is 0 Å². The summed E-state index contributed by atoms with van der Waals surface area (Å²) >= 11 is 9.94. The minimum Gasteiger partial charge on any atom is -0.422 e. The number of rotatable bonds is 4. The lowest BCUT2D eigenvalue weighted by Gasteiger charge is -2.22. The van der Waals surface area contributed by atoms with Crippen LogP contribution in [0.15, 0.2) is 52.3 Å². The number of hydrogen-bond acceptors (Lipinski definition) is 7. The number of benzene rings is 2. The molecule has 2 aromatic rings. The molecule has 0 N–H and O–H groups in total. The number of nitrogens with zero attached hydrogens (tertiary/aromatic N) is 1. The van der Waals surface area contributed by atoms with Crippen LogP contribution in [0, 0.1) is 0 Å². The molecular formula is C22H20ClNO4S2. The van der Waals surface area contributed by atoms with Crippen LogP contribution in [-0.2, 0) is 16.0 Å². The third-order valence-electron chi connectivity index (χ3n) is 4.73. The van der Waals surface area contributed by atoms with E-state index in [1.807, 2.05) is 26.2 Å². The Labute approximate surface area is 188 Å². The molecule has 30 heavy (non-hydrogen) atoms. The SMILES string of the molecule is CN(C)CCSC1Cc2ccccc2Sc2cc3c(Cl)c(c21)OC(=O)/C=C\C(=O)O3. The zero-order valence-electron chi connectivity index (χ0n) is 16.5. The first-order valence-corrected chi connectivity index (χ1v) is 11.7. The lowest BCUT2D eigenvalue weighted by molar-refractivity contribution is -0.131. The van der Waals surface area contributed by atoms with Crippen LogP contribution in [0.3, 0.4) is 0 Å². The van der Waals surface area contributed by atoms with Crippen molar-refractivity contribution in [3.63, 3.8) is 0 Å². The number of carbonyl (C=O) groups excluding carboxylic acids is 2. The monoisotopic (exact) mass is 461 g/mol. The molecule has 2 bridgehead atoms. The van der Waals surface area contributed by atoms with Crippen molar-refractivity contribution in [2.45, 2.75) is 21.5 Å². The van der Waals surface area contributed by atoms with E-state index in [9.17, 15) is 9.59 Å². The number of carbonyl (C=O) groups is 2. The number of hydrogen-bond donors (Lipinski definition) is 0. The zero-order chi connectivity index (χ0) is 21.3. The first-order valence-electron chi connectivity index (χ1n) is 9.42. The van der Waals surface area contributed by atoms with Gasteiger partial charge in [0.25, 0.3) is 0 Å². The Morgan fingerprint density at radius 1 is 1.13 bits per heavy atom. The molecule has 2 aliphatic rings. The van der Waals surface area contributed by atoms with Gasteiger partial charge in [0.15, 0.2) is 11.5 Å². The maximum Gasteiger partial charge on any atom is 0.336 e. The minimum atomic E-state index is -0.669. The van der Waals surface area contributed by atoms with Gasteiger partial charge < -0.3 is 14.4 Å². The molecule has 156 valence electrons. The molecule has 5 nitrogen and oxygen atoms in total. The fraction of sp³-hybridized carbons (Fsp3) is 0.273. The highest BCUT2D eigenvalue weighted by Gasteiger charge is 2.32. The number of ether oxygens (including phenoxy) is 2. The van der Waals surface area contributed by atoms with E-state index in [4.69, 9.17) is 21.1 Å². The molecule has 4 rings (SSSR count). The molecule has 8 heteroatoms. The summed E-state index contributed by atoms with van der Waals surface area (Å²) in [4.78, 5) is 28.4. The predicted molar refractivity (Wildman–Crippen MR) is 120 cm³/mol. The fourth-order valence-electron chi connectivity index (χ4n) is 3.29. The molecule has 2 aromatic carbocycles. The van der Waals surface area contributed by atoms with Crippen molar-refractivity contribution in [3.8, 4) is 11.5 Å². The fourth-order valence-corrected chi connectivity index (χ4v) is 6.23. The normalized spacial score (nSPS) is 18.9. The van der Waals surface area contributed by atoms with E-state index in [-0.39, 0.29) is 21.8 Å². The Morgan fingerprint density at radius 2 is 1.87 bits per heavy atom. The van der Waals surface area contributed by atoms with Gasteiger partial charge in [0.1, 0.15) is 5.02 Å². The quantitative estimate of drug-likeness (QED) is 0.480. The van der Waals surface area contributed by atoms with Crippen molar-refractivity contribution in [1.82, 2.24) is 4.90 Å². The van der Waals surface area contributed by atoms with Gasteiger partial charge >= 0.3 is 11.9 Å². The molecule has 1 atom stereocenters. The number of halogens is 1. The molecule has 0 saturated carbocycles. The Kier molecular flexibility index (Phi) is 6.43. The van der Waals surface area contributed by atoms with Gasteiger partial charge in [-0.05, 0) is 38.2 Å². The molecule has 0 fully saturated rings. The summed E-state index contributed by atoms with van der Waals surface area (Å²) in [7, 11) is 4.08. The molecule has 0 amide bonds. The lowest BCUT2D eigenvalue weighted by Crippen LogP contribution is -2.16. The standard InChI is InChI=1S/C22H20ClNO4S2/c1-24(2)9-10-29-16-11-13-5-3-4-6-15(13)30-17-12-14-21(23)22(20(16)17)28-19(26)8-7-18(25)27-14/h3-8,12,16H,9-11H2,1-2H3/b8-7-. The van der Waals surface area contributed by atoms with E-state index in [1.165, 1.54) is 5.56 Å². The van der Waals surface area contributed by atoms with Crippen LogP contribution in [0.1, 0.15) is 16.4 Å². The smallest absolute Gasteiger partial charge is 0.336 e. The van der Waals surface area contributed by atoms with Gasteiger partial charge in [0.05, 0.1) is 0 Å². The largest absolute Gasteiger partial charge is 0.422 e. The summed E-state index contributed by atoms with van der Waals surface area (Å²) in [6.07, 6.45) is 2.89. The topological polar surface area (TPSA) is 55.8 Å². The van der Waals surface area contributed by atoms with Crippen molar-refractivity contribution >= 4 is 47.1 Å². The maximum atomic E-state index is 12.3. The summed E-state index contributed by atoms with van der Waals surface area (Å²) in [5.41, 5.74) is 2.09. The number of esters is 2. The molecule has 0 saturated heterocycles. The second-order valence-corrected chi connectivity index (χ2v) is 9.95. The Balaban J connectivity index is 1.85. The van der Waals surface area contributed by atoms with Crippen molar-refractivity contribution < 1.29 is 19.1 Å². The summed E-state index contributed by atoms with van der Waals surface area (Å²) in [6, 6.07) is 10.00. The first-order chi connectivity index (χ1) is 14.4. The van der Waals surface area contributed by atoms with Gasteiger partial charge in [-0.1, -0.05) is 41.6 Å². The predicted octanol–water partition coefficient (Wildman–Crippen LogP) is 4.76. The van der Waals surface area contributed by atoms with Crippen LogP contribution < -0.4 is 9.47 Å². The van der Waals surface area contributed by atoms with E-state index in [2.05, 4.69) is 17.0 Å².